The van der Waals surface area contributed by atoms with Crippen LogP contribution in [0, 0.1) is 5.82 Å². The van der Waals surface area contributed by atoms with E-state index in [2.05, 4.69) is 0 Å². The molecule has 0 saturated carbocycles. The van der Waals surface area contributed by atoms with Crippen molar-refractivity contribution in [3.8, 4) is 5.75 Å². The molecule has 0 aliphatic carbocycles. The van der Waals surface area contributed by atoms with E-state index in [-0.39, 0.29) is 5.82 Å². The third-order valence-corrected chi connectivity index (χ3v) is 3.32. The maximum atomic E-state index is 13.8. The Morgan fingerprint density at radius 2 is 1.90 bits per heavy atom. The van der Waals surface area contributed by atoms with E-state index < -0.39 is 5.54 Å². The van der Waals surface area contributed by atoms with Gasteiger partial charge in [0.25, 0.3) is 0 Å². The second kappa shape index (κ2) is 6.06. The highest BCUT2D eigenvalue weighted by Gasteiger charge is 2.23. The average Bonchev–Trinajstić information content (AvgIpc) is 2.42. The number of rotatable bonds is 5. The van der Waals surface area contributed by atoms with Gasteiger partial charge < -0.3 is 10.5 Å². The first-order valence-corrected chi connectivity index (χ1v) is 6.78. The molecular formula is C17H20FNO. The molecule has 0 bridgehead atoms. The lowest BCUT2D eigenvalue weighted by molar-refractivity contribution is 0.338. The van der Waals surface area contributed by atoms with Crippen molar-refractivity contribution in [2.45, 2.75) is 25.8 Å². The van der Waals surface area contributed by atoms with Crippen LogP contribution in [0.4, 0.5) is 4.39 Å². The summed E-state index contributed by atoms with van der Waals surface area (Å²) in [5, 5.41) is 0. The summed E-state index contributed by atoms with van der Waals surface area (Å²) in [6.45, 7) is 4.45. The quantitative estimate of drug-likeness (QED) is 0.902. The maximum Gasteiger partial charge on any atom is 0.126 e. The van der Waals surface area contributed by atoms with Crippen molar-refractivity contribution >= 4 is 0 Å². The van der Waals surface area contributed by atoms with Crippen molar-refractivity contribution in [3.63, 3.8) is 0 Å². The van der Waals surface area contributed by atoms with Crippen LogP contribution in [0.5, 0.6) is 5.75 Å². The third-order valence-electron chi connectivity index (χ3n) is 3.32. The lowest BCUT2D eigenvalue weighted by Crippen LogP contribution is -2.35. The van der Waals surface area contributed by atoms with Gasteiger partial charge in [-0.15, -0.1) is 0 Å². The lowest BCUT2D eigenvalue weighted by Gasteiger charge is -2.26. The number of hydrogen-bond donors (Lipinski definition) is 1. The maximum absolute atomic E-state index is 13.8. The van der Waals surface area contributed by atoms with Gasteiger partial charge in [0.2, 0.25) is 0 Å². The first-order chi connectivity index (χ1) is 9.53. The molecule has 0 aliphatic rings. The van der Waals surface area contributed by atoms with Gasteiger partial charge in [0.05, 0.1) is 6.61 Å². The van der Waals surface area contributed by atoms with E-state index in [1.54, 1.807) is 12.1 Å². The zero-order chi connectivity index (χ0) is 14.6. The Kier molecular flexibility index (Phi) is 4.40. The highest BCUT2D eigenvalue weighted by molar-refractivity contribution is 5.34. The number of hydrogen-bond acceptors (Lipinski definition) is 2. The molecule has 2 rings (SSSR count). The molecule has 0 radical (unpaired) electrons. The number of halogens is 1. The van der Waals surface area contributed by atoms with E-state index in [0.717, 1.165) is 11.3 Å². The SMILES string of the molecule is CCOc1cccc(C(C)(N)Cc2ccccc2F)c1. The molecule has 0 spiro atoms. The van der Waals surface area contributed by atoms with Crippen LogP contribution in [-0.4, -0.2) is 6.61 Å². The van der Waals surface area contributed by atoms with Gasteiger partial charge in [0, 0.05) is 5.54 Å². The standard InChI is InChI=1S/C17H20FNO/c1-3-20-15-9-6-8-14(11-15)17(2,19)12-13-7-4-5-10-16(13)18/h4-11H,3,12,19H2,1-2H3. The van der Waals surface area contributed by atoms with Gasteiger partial charge in [0.15, 0.2) is 0 Å². The predicted octanol–water partition coefficient (Wildman–Crippen LogP) is 3.64. The Balaban J connectivity index is 2.25. The molecule has 0 amide bonds. The predicted molar refractivity (Wildman–Crippen MR) is 79.3 cm³/mol. The van der Waals surface area contributed by atoms with Gasteiger partial charge in [-0.25, -0.2) is 4.39 Å². The Hall–Kier alpha value is -1.87. The average molecular weight is 273 g/mol. The van der Waals surface area contributed by atoms with Crippen molar-refractivity contribution < 1.29 is 9.13 Å². The summed E-state index contributed by atoms with van der Waals surface area (Å²) in [5.74, 6) is 0.570. The minimum Gasteiger partial charge on any atom is -0.494 e. The van der Waals surface area contributed by atoms with E-state index in [1.807, 2.05) is 44.2 Å². The topological polar surface area (TPSA) is 35.2 Å². The molecule has 0 saturated heterocycles. The largest absolute Gasteiger partial charge is 0.494 e. The molecule has 0 aromatic heterocycles. The first-order valence-electron chi connectivity index (χ1n) is 6.78. The van der Waals surface area contributed by atoms with Crippen LogP contribution in [-0.2, 0) is 12.0 Å². The van der Waals surface area contributed by atoms with Gasteiger partial charge in [0.1, 0.15) is 11.6 Å². The monoisotopic (exact) mass is 273 g/mol. The molecule has 2 aromatic carbocycles. The fourth-order valence-electron chi connectivity index (χ4n) is 2.25. The van der Waals surface area contributed by atoms with Crippen molar-refractivity contribution in [2.75, 3.05) is 6.61 Å². The molecule has 106 valence electrons. The normalized spacial score (nSPS) is 13.8. The molecule has 2 N–H and O–H groups in total. The molecule has 1 atom stereocenters. The van der Waals surface area contributed by atoms with Gasteiger partial charge >= 0.3 is 0 Å². The summed E-state index contributed by atoms with van der Waals surface area (Å²) in [6.07, 6.45) is 0.440. The van der Waals surface area contributed by atoms with Gasteiger partial charge in [-0.05, 0) is 49.6 Å². The highest BCUT2D eigenvalue weighted by atomic mass is 19.1. The van der Waals surface area contributed by atoms with Crippen LogP contribution in [0.2, 0.25) is 0 Å². The Bertz CT molecular complexity index is 581. The fourth-order valence-corrected chi connectivity index (χ4v) is 2.25. The van der Waals surface area contributed by atoms with Gasteiger partial charge in [-0.1, -0.05) is 30.3 Å². The van der Waals surface area contributed by atoms with E-state index in [9.17, 15) is 4.39 Å². The van der Waals surface area contributed by atoms with E-state index >= 15 is 0 Å². The van der Waals surface area contributed by atoms with Crippen molar-refractivity contribution in [1.29, 1.82) is 0 Å². The molecule has 2 aromatic rings. The molecule has 2 nitrogen and oxygen atoms in total. The second-order valence-electron chi connectivity index (χ2n) is 5.15. The molecule has 0 heterocycles. The van der Waals surface area contributed by atoms with E-state index in [1.165, 1.54) is 6.07 Å². The summed E-state index contributed by atoms with van der Waals surface area (Å²) in [5.41, 5.74) is 7.30. The van der Waals surface area contributed by atoms with Crippen LogP contribution in [0.3, 0.4) is 0 Å². The molecule has 0 fully saturated rings. The fraction of sp³-hybridized carbons (Fsp3) is 0.294. The smallest absolute Gasteiger partial charge is 0.126 e. The Labute approximate surface area is 119 Å². The highest BCUT2D eigenvalue weighted by Crippen LogP contribution is 2.26. The Morgan fingerprint density at radius 1 is 1.15 bits per heavy atom. The van der Waals surface area contributed by atoms with E-state index in [0.29, 0.717) is 18.6 Å². The third kappa shape index (κ3) is 3.36. The van der Waals surface area contributed by atoms with Crippen molar-refractivity contribution in [1.82, 2.24) is 0 Å². The van der Waals surface area contributed by atoms with Crippen LogP contribution >= 0.6 is 0 Å². The summed E-state index contributed by atoms with van der Waals surface area (Å²) in [6, 6.07) is 14.4. The molecule has 3 heteroatoms. The molecular weight excluding hydrogens is 253 g/mol. The van der Waals surface area contributed by atoms with Crippen molar-refractivity contribution in [3.05, 3.63) is 65.5 Å². The minimum absolute atomic E-state index is 0.217. The first kappa shape index (κ1) is 14.5. The molecule has 20 heavy (non-hydrogen) atoms. The van der Waals surface area contributed by atoms with Crippen molar-refractivity contribution in [2.24, 2.45) is 5.73 Å². The minimum atomic E-state index is -0.644. The number of ether oxygens (including phenoxy) is 1. The van der Waals surface area contributed by atoms with Crippen LogP contribution < -0.4 is 10.5 Å². The van der Waals surface area contributed by atoms with Gasteiger partial charge in [-0.3, -0.25) is 0 Å². The van der Waals surface area contributed by atoms with Crippen LogP contribution in [0.1, 0.15) is 25.0 Å². The van der Waals surface area contributed by atoms with Crippen LogP contribution in [0.25, 0.3) is 0 Å². The Morgan fingerprint density at radius 3 is 2.60 bits per heavy atom. The molecule has 1 unspecified atom stereocenters. The zero-order valence-corrected chi connectivity index (χ0v) is 11.9. The second-order valence-corrected chi connectivity index (χ2v) is 5.15. The summed E-state index contributed by atoms with van der Waals surface area (Å²) in [4.78, 5) is 0. The van der Waals surface area contributed by atoms with Gasteiger partial charge in [-0.2, -0.15) is 0 Å². The molecule has 0 aliphatic heterocycles. The number of benzene rings is 2. The zero-order valence-electron chi connectivity index (χ0n) is 11.9. The van der Waals surface area contributed by atoms with Crippen LogP contribution in [0.15, 0.2) is 48.5 Å². The summed E-state index contributed by atoms with van der Waals surface area (Å²) >= 11 is 0. The lowest BCUT2D eigenvalue weighted by atomic mass is 9.86. The van der Waals surface area contributed by atoms with E-state index in [4.69, 9.17) is 10.5 Å². The number of nitrogens with two attached hydrogens (primary N) is 1. The summed E-state index contributed by atoms with van der Waals surface area (Å²) in [7, 11) is 0. The summed E-state index contributed by atoms with van der Waals surface area (Å²) < 4.78 is 19.2.